The van der Waals surface area contributed by atoms with Crippen LogP contribution in [0.25, 0.3) is 6.08 Å². The highest BCUT2D eigenvalue weighted by atomic mass is 127. The van der Waals surface area contributed by atoms with Crippen LogP contribution in [-0.2, 0) is 17.6 Å². The summed E-state index contributed by atoms with van der Waals surface area (Å²) < 4.78 is 6.99. The fourth-order valence-electron chi connectivity index (χ4n) is 2.63. The van der Waals surface area contributed by atoms with E-state index in [0.717, 1.165) is 23.5 Å². The van der Waals surface area contributed by atoms with Crippen LogP contribution in [0.4, 0.5) is 5.82 Å². The minimum absolute atomic E-state index is 0.0417. The maximum absolute atomic E-state index is 12.0. The van der Waals surface area contributed by atoms with Gasteiger partial charge in [-0.15, -0.1) is 0 Å². The first-order chi connectivity index (χ1) is 14.6. The van der Waals surface area contributed by atoms with Gasteiger partial charge in [-0.25, -0.2) is 9.97 Å². The van der Waals surface area contributed by atoms with E-state index < -0.39 is 0 Å². The zero-order valence-electron chi connectivity index (χ0n) is 19.5. The molecule has 0 atom stereocenters. The highest BCUT2D eigenvalue weighted by Gasteiger charge is 2.14. The van der Waals surface area contributed by atoms with Gasteiger partial charge in [0.15, 0.2) is 0 Å². The van der Waals surface area contributed by atoms with Crippen molar-refractivity contribution in [2.45, 2.75) is 46.1 Å². The average Bonchev–Trinajstić information content (AvgIpc) is 2.77. The molecule has 0 aliphatic carbocycles. The molecule has 1 amide bonds. The number of aromatic nitrogens is 2. The van der Waals surface area contributed by atoms with E-state index in [4.69, 9.17) is 4.74 Å². The Hall–Kier alpha value is -1.65. The fraction of sp³-hybridized carbons (Fsp3) is 0.435. The van der Waals surface area contributed by atoms with Crippen molar-refractivity contribution in [2.75, 3.05) is 25.5 Å². The highest BCUT2D eigenvalue weighted by Crippen LogP contribution is 2.29. The molecule has 0 aliphatic heterocycles. The maximum Gasteiger partial charge on any atom is 0.269 e. The number of halogens is 1. The van der Waals surface area contributed by atoms with Crippen LogP contribution in [0.3, 0.4) is 0 Å². The second-order valence-electron chi connectivity index (χ2n) is 7.75. The molecule has 0 fully saturated rings. The number of hydrogen-bond donors (Lipinski definition) is 1. The lowest BCUT2D eigenvalue weighted by Gasteiger charge is -2.19. The van der Waals surface area contributed by atoms with Gasteiger partial charge in [0.05, 0.1) is 5.60 Å². The van der Waals surface area contributed by atoms with E-state index >= 15 is 0 Å². The standard InChI is InChI=1S/C18H21IN4OS.C5H12O/c1-5-12-9-14(22-16(10-12)18(24)20-3)11-13-7-8-21-17(15(13)6-2)23(4)25-19;1-5(2,3)6-4/h5,7-10H,1,6,11H2,2-4H3,(H,20,24);1-4H3. The van der Waals surface area contributed by atoms with Crippen LogP contribution < -0.4 is 9.62 Å². The summed E-state index contributed by atoms with van der Waals surface area (Å²) in [6, 6.07) is 5.74. The van der Waals surface area contributed by atoms with Crippen molar-refractivity contribution in [3.63, 3.8) is 0 Å². The molecule has 0 bridgehead atoms. The van der Waals surface area contributed by atoms with Crippen LogP contribution >= 0.6 is 30.3 Å². The van der Waals surface area contributed by atoms with E-state index in [0.29, 0.717) is 12.1 Å². The number of anilines is 1. The normalized spacial score (nSPS) is 10.7. The van der Waals surface area contributed by atoms with Crippen molar-refractivity contribution in [1.82, 2.24) is 15.3 Å². The van der Waals surface area contributed by atoms with Crippen molar-refractivity contribution < 1.29 is 9.53 Å². The molecule has 1 N–H and O–H groups in total. The molecular formula is C23H33IN4O2S. The van der Waals surface area contributed by atoms with Crippen LogP contribution in [0.1, 0.15) is 60.6 Å². The topological polar surface area (TPSA) is 67.4 Å². The molecule has 8 heteroatoms. The fourth-order valence-corrected chi connectivity index (χ4v) is 3.42. The van der Waals surface area contributed by atoms with Crippen LogP contribution in [0.2, 0.25) is 0 Å². The Balaban J connectivity index is 0.000000703. The molecule has 31 heavy (non-hydrogen) atoms. The Kier molecular flexibility index (Phi) is 11.5. The summed E-state index contributed by atoms with van der Waals surface area (Å²) in [6.45, 7) is 12.0. The van der Waals surface area contributed by atoms with Gasteiger partial charge in [-0.3, -0.25) is 9.10 Å². The molecule has 170 valence electrons. The number of nitrogens with one attached hydrogen (secondary N) is 1. The van der Waals surface area contributed by atoms with Gasteiger partial charge in [0.1, 0.15) is 11.5 Å². The van der Waals surface area contributed by atoms with Crippen LogP contribution in [0.15, 0.2) is 31.0 Å². The number of rotatable bonds is 7. The third kappa shape index (κ3) is 8.78. The Morgan fingerprint density at radius 2 is 2.03 bits per heavy atom. The Bertz CT molecular complexity index is 884. The Morgan fingerprint density at radius 1 is 1.39 bits per heavy atom. The van der Waals surface area contributed by atoms with E-state index in [1.54, 1.807) is 35.4 Å². The maximum atomic E-state index is 12.0. The van der Waals surface area contributed by atoms with E-state index in [1.165, 1.54) is 11.1 Å². The number of ether oxygens (including phenoxy) is 1. The van der Waals surface area contributed by atoms with Crippen molar-refractivity contribution in [3.05, 3.63) is 59.1 Å². The smallest absolute Gasteiger partial charge is 0.269 e. The van der Waals surface area contributed by atoms with Gasteiger partial charge in [0.25, 0.3) is 5.91 Å². The molecular weight excluding hydrogens is 523 g/mol. The van der Waals surface area contributed by atoms with Crippen molar-refractivity contribution in [3.8, 4) is 0 Å². The first-order valence-corrected chi connectivity index (χ1v) is 13.3. The monoisotopic (exact) mass is 556 g/mol. The summed E-state index contributed by atoms with van der Waals surface area (Å²) in [4.78, 5) is 21.0. The molecule has 0 saturated carbocycles. The number of methoxy groups -OCH3 is 1. The van der Waals surface area contributed by atoms with Crippen LogP contribution in [0.5, 0.6) is 0 Å². The summed E-state index contributed by atoms with van der Waals surface area (Å²) in [6.07, 6.45) is 5.08. The van der Waals surface area contributed by atoms with Crippen LogP contribution in [0, 0.1) is 0 Å². The third-order valence-corrected chi connectivity index (χ3v) is 6.62. The molecule has 2 heterocycles. The van der Waals surface area contributed by atoms with E-state index in [2.05, 4.69) is 50.0 Å². The number of nitrogens with zero attached hydrogens (tertiary/aromatic N) is 3. The van der Waals surface area contributed by atoms with Gasteiger partial charge in [-0.05, 0) is 62.1 Å². The lowest BCUT2D eigenvalue weighted by Crippen LogP contribution is -2.20. The molecule has 0 saturated heterocycles. The first kappa shape index (κ1) is 27.4. The number of amides is 1. The first-order valence-electron chi connectivity index (χ1n) is 9.99. The molecule has 2 aromatic heterocycles. The Morgan fingerprint density at radius 3 is 2.52 bits per heavy atom. The van der Waals surface area contributed by atoms with Gasteiger partial charge in [0.2, 0.25) is 0 Å². The van der Waals surface area contributed by atoms with E-state index in [-0.39, 0.29) is 11.5 Å². The van der Waals surface area contributed by atoms with Gasteiger partial charge >= 0.3 is 0 Å². The highest BCUT2D eigenvalue weighted by molar-refractivity contribution is 14.2. The molecule has 6 nitrogen and oxygen atoms in total. The zero-order valence-corrected chi connectivity index (χ0v) is 22.4. The number of hydrogen-bond acceptors (Lipinski definition) is 6. The van der Waals surface area contributed by atoms with Gasteiger partial charge < -0.3 is 10.1 Å². The molecule has 0 radical (unpaired) electrons. The second-order valence-corrected chi connectivity index (χ2v) is 9.61. The molecule has 0 spiro atoms. The molecule has 0 aromatic carbocycles. The third-order valence-electron chi connectivity index (χ3n) is 4.47. The summed E-state index contributed by atoms with van der Waals surface area (Å²) >= 11 is 2.25. The Labute approximate surface area is 203 Å². The van der Waals surface area contributed by atoms with E-state index in [1.807, 2.05) is 50.5 Å². The predicted molar refractivity (Wildman–Crippen MR) is 141 cm³/mol. The summed E-state index contributed by atoms with van der Waals surface area (Å²) in [5, 5.41) is 2.62. The molecule has 2 rings (SSSR count). The summed E-state index contributed by atoms with van der Waals surface area (Å²) in [5.74, 6) is 0.767. The molecule has 0 unspecified atom stereocenters. The minimum Gasteiger partial charge on any atom is -0.379 e. The zero-order chi connectivity index (χ0) is 23.6. The van der Waals surface area contributed by atoms with Crippen molar-refractivity contribution >= 4 is 48.1 Å². The summed E-state index contributed by atoms with van der Waals surface area (Å²) in [7, 11) is 6.91. The molecule has 2 aromatic rings. The largest absolute Gasteiger partial charge is 0.379 e. The number of carbonyl (C=O) groups is 1. The van der Waals surface area contributed by atoms with Gasteiger partial charge in [-0.2, -0.15) is 0 Å². The quantitative estimate of drug-likeness (QED) is 0.359. The predicted octanol–water partition coefficient (Wildman–Crippen LogP) is 5.50. The lowest BCUT2D eigenvalue weighted by molar-refractivity contribution is 0.0397. The second kappa shape index (κ2) is 13.0. The van der Waals surface area contributed by atoms with Crippen molar-refractivity contribution in [2.24, 2.45) is 0 Å². The van der Waals surface area contributed by atoms with Gasteiger partial charge in [0, 0.05) is 69.8 Å². The minimum atomic E-state index is -0.197. The van der Waals surface area contributed by atoms with Gasteiger partial charge in [-0.1, -0.05) is 19.6 Å². The van der Waals surface area contributed by atoms with E-state index in [9.17, 15) is 4.79 Å². The molecule has 0 aliphatic rings. The van der Waals surface area contributed by atoms with Crippen LogP contribution in [-0.4, -0.2) is 42.7 Å². The van der Waals surface area contributed by atoms with Crippen molar-refractivity contribution in [1.29, 1.82) is 0 Å². The SMILES string of the molecule is C=Cc1cc(Cc2ccnc(N(C)SI)c2CC)nc(C(=O)NC)c1.COC(C)(C)C. The average molecular weight is 557 g/mol. The number of pyridine rings is 2. The summed E-state index contributed by atoms with van der Waals surface area (Å²) in [5.41, 5.74) is 4.54. The lowest BCUT2D eigenvalue weighted by atomic mass is 10.0. The number of carbonyl (C=O) groups excluding carboxylic acids is 1.